The van der Waals surface area contributed by atoms with Gasteiger partial charge in [-0.1, -0.05) is 18.2 Å². The van der Waals surface area contributed by atoms with E-state index in [1.165, 1.54) is 0 Å². The number of para-hydroxylation sites is 1. The maximum Gasteiger partial charge on any atom is 0.340 e. The van der Waals surface area contributed by atoms with Gasteiger partial charge in [0, 0.05) is 64.3 Å². The smallest absolute Gasteiger partial charge is 0.340 e. The number of nitrogens with one attached hydrogen (secondary N) is 2. The van der Waals surface area contributed by atoms with Gasteiger partial charge in [0.1, 0.15) is 0 Å². The number of H-pyrrole nitrogens is 1. The van der Waals surface area contributed by atoms with E-state index in [4.69, 9.17) is 10.5 Å². The van der Waals surface area contributed by atoms with Crippen LogP contribution >= 0.6 is 15.9 Å². The number of Topliss-reactive ketones (excluding diaryl/α,β-unsaturated/α-hetero) is 1. The average Bonchev–Trinajstić information content (AvgIpc) is 3.29. The zero-order valence-corrected chi connectivity index (χ0v) is 21.1. The molecule has 2 aromatic heterocycles. The summed E-state index contributed by atoms with van der Waals surface area (Å²) in [7, 11) is 0. The van der Waals surface area contributed by atoms with Gasteiger partial charge in [-0.05, 0) is 59.1 Å². The molecule has 0 radical (unpaired) electrons. The molecule has 0 amide bonds. The molecule has 0 aliphatic carbocycles. The summed E-state index contributed by atoms with van der Waals surface area (Å²) in [5.74, 6) is -0.867. The lowest BCUT2D eigenvalue weighted by atomic mass is 10.0. The largest absolute Gasteiger partial charge is 0.454 e. The highest BCUT2D eigenvalue weighted by atomic mass is 79.9. The van der Waals surface area contributed by atoms with Gasteiger partial charge in [0.25, 0.3) is 0 Å². The van der Waals surface area contributed by atoms with Gasteiger partial charge in [-0.25, -0.2) is 4.79 Å². The molecule has 0 unspecified atom stereocenters. The van der Waals surface area contributed by atoms with E-state index in [0.29, 0.717) is 22.5 Å². The molecule has 36 heavy (non-hydrogen) atoms. The lowest BCUT2D eigenvalue weighted by Crippen LogP contribution is -2.39. The van der Waals surface area contributed by atoms with Crippen molar-refractivity contribution >= 4 is 55.6 Å². The highest BCUT2D eigenvalue weighted by Crippen LogP contribution is 2.29. The van der Waals surface area contributed by atoms with Crippen LogP contribution in [0, 0.1) is 0 Å². The van der Waals surface area contributed by atoms with E-state index < -0.39 is 5.97 Å². The Morgan fingerprint density at radius 2 is 1.92 bits per heavy atom. The van der Waals surface area contributed by atoms with Crippen LogP contribution in [0.2, 0.25) is 0 Å². The van der Waals surface area contributed by atoms with Gasteiger partial charge < -0.3 is 25.7 Å². The Morgan fingerprint density at radius 3 is 2.69 bits per heavy atom. The quantitative estimate of drug-likeness (QED) is 0.169. The predicted octanol–water partition coefficient (Wildman–Crippen LogP) is 5.03. The summed E-state index contributed by atoms with van der Waals surface area (Å²) in [6.45, 7) is 1.40. The summed E-state index contributed by atoms with van der Waals surface area (Å²) in [4.78, 5) is 35.2. The molecule has 8 nitrogen and oxygen atoms in total. The molecule has 5 rings (SSSR count). The standard InChI is InChI=1S/C27H26BrN5O3/c28-22-15-31-24-14-17(4-5-20(22)24)25(34)16-36-27(35)21-2-1-3-23(29)26(21)32-18-8-12-33(13-9-18)19-6-10-30-11-7-19/h1-7,10-11,14-15,18,31-32H,8-9,12-13,16,29H2. The molecule has 0 bridgehead atoms. The van der Waals surface area contributed by atoms with Crippen LogP contribution in [0.1, 0.15) is 33.6 Å². The number of piperidine rings is 1. The number of esters is 1. The Bertz CT molecular complexity index is 1400. The Hall–Kier alpha value is -3.85. The van der Waals surface area contributed by atoms with E-state index in [2.05, 4.69) is 36.1 Å². The number of hydrogen-bond acceptors (Lipinski definition) is 7. The van der Waals surface area contributed by atoms with E-state index in [0.717, 1.165) is 47.0 Å². The maximum atomic E-state index is 13.0. The van der Waals surface area contributed by atoms with Gasteiger partial charge in [0.15, 0.2) is 12.4 Å². The number of nitrogens with two attached hydrogens (primary N) is 1. The van der Waals surface area contributed by atoms with Crippen molar-refractivity contribution in [3.05, 3.63) is 82.7 Å². The van der Waals surface area contributed by atoms with E-state index in [1.54, 1.807) is 42.7 Å². The molecule has 1 saturated heterocycles. The van der Waals surface area contributed by atoms with Gasteiger partial charge in [0.2, 0.25) is 0 Å². The van der Waals surface area contributed by atoms with Crippen LogP contribution in [-0.2, 0) is 4.74 Å². The fourth-order valence-electron chi connectivity index (χ4n) is 4.50. The molecular formula is C27H26BrN5O3. The number of anilines is 3. The topological polar surface area (TPSA) is 113 Å². The number of ketones is 1. The number of nitrogen functional groups attached to an aromatic ring is 1. The lowest BCUT2D eigenvalue weighted by molar-refractivity contribution is 0.0475. The Labute approximate surface area is 217 Å². The molecule has 4 N–H and O–H groups in total. The first-order valence-corrected chi connectivity index (χ1v) is 12.6. The molecule has 1 fully saturated rings. The van der Waals surface area contributed by atoms with Crippen molar-refractivity contribution < 1.29 is 14.3 Å². The predicted molar refractivity (Wildman–Crippen MR) is 145 cm³/mol. The minimum absolute atomic E-state index is 0.160. The van der Waals surface area contributed by atoms with Gasteiger partial charge in [-0.15, -0.1) is 0 Å². The van der Waals surface area contributed by atoms with E-state index in [-0.39, 0.29) is 18.4 Å². The van der Waals surface area contributed by atoms with Crippen LogP contribution in [0.15, 0.2) is 71.6 Å². The molecule has 184 valence electrons. The Kier molecular flexibility index (Phi) is 6.90. The number of nitrogens with zero attached hydrogens (tertiary/aromatic N) is 2. The average molecular weight is 548 g/mol. The van der Waals surface area contributed by atoms with E-state index in [9.17, 15) is 9.59 Å². The number of halogens is 1. The van der Waals surface area contributed by atoms with Crippen LogP contribution in [0.3, 0.4) is 0 Å². The summed E-state index contributed by atoms with van der Waals surface area (Å²) < 4.78 is 6.33. The zero-order chi connectivity index (χ0) is 25.1. The van der Waals surface area contributed by atoms with Crippen molar-refractivity contribution in [1.82, 2.24) is 9.97 Å². The molecule has 0 saturated carbocycles. The van der Waals surface area contributed by atoms with Crippen molar-refractivity contribution in [2.45, 2.75) is 18.9 Å². The number of benzene rings is 2. The van der Waals surface area contributed by atoms with E-state index in [1.807, 2.05) is 24.4 Å². The molecule has 1 aliphatic rings. The van der Waals surface area contributed by atoms with Crippen LogP contribution in [0.5, 0.6) is 0 Å². The van der Waals surface area contributed by atoms with Crippen molar-refractivity contribution in [1.29, 1.82) is 0 Å². The van der Waals surface area contributed by atoms with Crippen molar-refractivity contribution in [3.63, 3.8) is 0 Å². The SMILES string of the molecule is Nc1cccc(C(=O)OCC(=O)c2ccc3c(Br)c[nH]c3c2)c1NC1CCN(c2ccncc2)CC1. The number of ether oxygens (including phenoxy) is 1. The second-order valence-electron chi connectivity index (χ2n) is 8.78. The monoisotopic (exact) mass is 547 g/mol. The fourth-order valence-corrected chi connectivity index (χ4v) is 4.96. The van der Waals surface area contributed by atoms with Gasteiger partial charge in [0.05, 0.1) is 16.9 Å². The fraction of sp³-hybridized carbons (Fsp3) is 0.222. The van der Waals surface area contributed by atoms with E-state index >= 15 is 0 Å². The summed E-state index contributed by atoms with van der Waals surface area (Å²) in [5, 5.41) is 4.43. The molecule has 0 atom stereocenters. The maximum absolute atomic E-state index is 13.0. The van der Waals surface area contributed by atoms with Gasteiger partial charge in [-0.2, -0.15) is 0 Å². The second kappa shape index (κ2) is 10.4. The van der Waals surface area contributed by atoms with Crippen molar-refractivity contribution in [3.8, 4) is 0 Å². The summed E-state index contributed by atoms with van der Waals surface area (Å²) in [6.07, 6.45) is 7.19. The highest BCUT2D eigenvalue weighted by molar-refractivity contribution is 9.10. The Balaban J connectivity index is 1.22. The van der Waals surface area contributed by atoms with Gasteiger partial charge in [-0.3, -0.25) is 9.78 Å². The number of fused-ring (bicyclic) bond motifs is 1. The molecule has 4 aromatic rings. The number of hydrogen-bond donors (Lipinski definition) is 3. The first kappa shape index (κ1) is 23.9. The second-order valence-corrected chi connectivity index (χ2v) is 9.63. The minimum atomic E-state index is -0.587. The molecule has 2 aromatic carbocycles. The Morgan fingerprint density at radius 1 is 1.14 bits per heavy atom. The number of aromatic nitrogens is 2. The van der Waals surface area contributed by atoms with Crippen LogP contribution in [0.4, 0.5) is 17.1 Å². The lowest BCUT2D eigenvalue weighted by Gasteiger charge is -2.34. The third-order valence-electron chi connectivity index (χ3n) is 6.48. The summed E-state index contributed by atoms with van der Waals surface area (Å²) in [6, 6.07) is 14.6. The molecular weight excluding hydrogens is 522 g/mol. The normalized spacial score (nSPS) is 14.1. The molecule has 0 spiro atoms. The number of aromatic amines is 1. The first-order chi connectivity index (χ1) is 17.5. The molecule has 1 aliphatic heterocycles. The first-order valence-electron chi connectivity index (χ1n) is 11.8. The van der Waals surface area contributed by atoms with Crippen LogP contribution < -0.4 is 16.0 Å². The third kappa shape index (κ3) is 5.06. The molecule has 3 heterocycles. The number of rotatable bonds is 7. The third-order valence-corrected chi connectivity index (χ3v) is 7.13. The number of carbonyl (C=O) groups excluding carboxylic acids is 2. The van der Waals surface area contributed by atoms with Crippen LogP contribution in [-0.4, -0.2) is 47.5 Å². The molecule has 9 heteroatoms. The minimum Gasteiger partial charge on any atom is -0.454 e. The number of pyridine rings is 1. The summed E-state index contributed by atoms with van der Waals surface area (Å²) >= 11 is 3.46. The van der Waals surface area contributed by atoms with Crippen LogP contribution in [0.25, 0.3) is 10.9 Å². The van der Waals surface area contributed by atoms with Gasteiger partial charge >= 0.3 is 5.97 Å². The van der Waals surface area contributed by atoms with Crippen molar-refractivity contribution in [2.24, 2.45) is 0 Å². The summed E-state index contributed by atoms with van der Waals surface area (Å²) in [5.41, 5.74) is 10.0. The zero-order valence-electron chi connectivity index (χ0n) is 19.5. The number of carbonyl (C=O) groups is 2. The highest BCUT2D eigenvalue weighted by Gasteiger charge is 2.23. The van der Waals surface area contributed by atoms with Crippen molar-refractivity contribution in [2.75, 3.05) is 35.6 Å².